The van der Waals surface area contributed by atoms with Gasteiger partial charge in [-0.2, -0.15) is 0 Å². The van der Waals surface area contributed by atoms with E-state index < -0.39 is 68.6 Å². The van der Waals surface area contributed by atoms with Crippen LogP contribution in [0.3, 0.4) is 0 Å². The third kappa shape index (κ3) is 14.9. The molecule has 0 saturated carbocycles. The Labute approximate surface area is 418 Å². The van der Waals surface area contributed by atoms with Gasteiger partial charge in [0.05, 0.1) is 0 Å². The number of hydrogen-bond acceptors (Lipinski definition) is 12. The van der Waals surface area contributed by atoms with Crippen molar-refractivity contribution in [1.82, 2.24) is 39.4 Å². The number of rotatable bonds is 17. The van der Waals surface area contributed by atoms with E-state index in [1.165, 1.54) is 46.2 Å². The van der Waals surface area contributed by atoms with Crippen LogP contribution in [0.5, 0.6) is 0 Å². The molecular formula is C34H34N8Na4O12. The molecule has 0 saturated heterocycles. The fourth-order valence-electron chi connectivity index (χ4n) is 5.24. The van der Waals surface area contributed by atoms with Crippen LogP contribution in [0.1, 0.15) is 67.6 Å². The van der Waals surface area contributed by atoms with E-state index in [2.05, 4.69) is 10.6 Å². The van der Waals surface area contributed by atoms with Gasteiger partial charge in [0.2, 0.25) is 22.2 Å². The van der Waals surface area contributed by atoms with Crippen LogP contribution < -0.4 is 151 Å². The Morgan fingerprint density at radius 3 is 1.00 bits per heavy atom. The van der Waals surface area contributed by atoms with Gasteiger partial charge in [-0.05, 0) is 49.9 Å². The minimum Gasteiger partial charge on any atom is -0.803 e. The molecule has 24 heteroatoms. The van der Waals surface area contributed by atoms with Crippen molar-refractivity contribution in [3.05, 3.63) is 158 Å². The summed E-state index contributed by atoms with van der Waals surface area (Å²) >= 11 is 0. The first-order chi connectivity index (χ1) is 25.8. The van der Waals surface area contributed by atoms with Crippen LogP contribution in [-0.4, -0.2) is 91.6 Å². The molecule has 4 rings (SSSR count). The molecule has 0 aliphatic carbocycles. The van der Waals surface area contributed by atoms with Crippen LogP contribution >= 0.6 is 0 Å². The van der Waals surface area contributed by atoms with Crippen LogP contribution in [0, 0.1) is 20.8 Å². The van der Waals surface area contributed by atoms with Crippen molar-refractivity contribution in [3.8, 4) is 0 Å². The molecule has 0 aromatic carbocycles. The van der Waals surface area contributed by atoms with E-state index >= 15 is 0 Å². The second-order valence-electron chi connectivity index (χ2n) is 11.7. The predicted octanol–water partition coefficient (Wildman–Crippen LogP) is -12.3. The maximum absolute atomic E-state index is 13.4. The number of nitrogens with one attached hydrogen (secondary N) is 2. The standard InChI is InChI=1S/C34H34N8O12.4Na/c43-27-13-3-9-23(39(27)51)31(47)35-17-7-21-37(33(49)25-11-5-15-29(45)41(25)53)19-1-2-20-38(34(50)26-12-6-16-30(46)42(26)54)22-8-18-36-32(48)24-10-4-14-28(44)40(24)52;;;;/h3-6,9-16H,1-2,7-8,17-22H2,(H,35,47)(H,36,48);;;;/q-4;4*+1. The maximum Gasteiger partial charge on any atom is 1.00 e. The van der Waals surface area contributed by atoms with Gasteiger partial charge < -0.3 is 60.2 Å². The molecule has 0 radical (unpaired) electrons. The first-order valence-corrected chi connectivity index (χ1v) is 16.5. The first kappa shape index (κ1) is 54.9. The minimum atomic E-state index is -0.964. The van der Waals surface area contributed by atoms with E-state index in [9.17, 15) is 59.2 Å². The topological polar surface area (TPSA) is 279 Å². The van der Waals surface area contributed by atoms with Crippen molar-refractivity contribution in [1.29, 1.82) is 0 Å². The van der Waals surface area contributed by atoms with Gasteiger partial charge in [-0.1, -0.05) is 24.3 Å². The van der Waals surface area contributed by atoms with Gasteiger partial charge in [-0.25, -0.2) is 0 Å². The van der Waals surface area contributed by atoms with E-state index in [1.54, 1.807) is 0 Å². The molecule has 4 amide bonds. The molecule has 0 aliphatic heterocycles. The molecule has 286 valence electrons. The van der Waals surface area contributed by atoms with Gasteiger partial charge >= 0.3 is 118 Å². The number of unbranched alkanes of at least 4 members (excludes halogenated alkanes) is 1. The van der Waals surface area contributed by atoms with Gasteiger partial charge in [0, 0.05) is 63.5 Å². The van der Waals surface area contributed by atoms with E-state index in [0.717, 1.165) is 36.4 Å². The molecule has 0 fully saturated rings. The van der Waals surface area contributed by atoms with Gasteiger partial charge in [0.1, 0.15) is 22.8 Å². The summed E-state index contributed by atoms with van der Waals surface area (Å²) in [6.45, 7) is -0.164. The SMILES string of the molecule is O=C(NCCCN(CCCCN(CCCNC(=O)c1cccc(=O)n1[O-])C(=O)c1cccc(=O)n1[O-])C(=O)c1cccc(=O)n1[O-])c1cccc(=O)n1[O-].[Na+].[Na+].[Na+].[Na+]. The maximum atomic E-state index is 13.4. The first-order valence-electron chi connectivity index (χ1n) is 16.5. The van der Waals surface area contributed by atoms with Crippen molar-refractivity contribution in [2.45, 2.75) is 25.7 Å². The molecule has 0 aliphatic rings. The molecule has 0 unspecified atom stereocenters. The van der Waals surface area contributed by atoms with Crippen LogP contribution in [-0.2, 0) is 0 Å². The molecule has 0 atom stereocenters. The molecule has 0 spiro atoms. The fourth-order valence-corrected chi connectivity index (χ4v) is 5.24. The zero-order valence-electron chi connectivity index (χ0n) is 32.6. The monoisotopic (exact) mass is 838 g/mol. The Hall–Kier alpha value is -3.12. The quantitative estimate of drug-likeness (QED) is 0.0741. The summed E-state index contributed by atoms with van der Waals surface area (Å²) in [5, 5.41) is 53.6. The molecule has 0 bridgehead atoms. The summed E-state index contributed by atoms with van der Waals surface area (Å²) in [4.78, 5) is 101. The van der Waals surface area contributed by atoms with Gasteiger partial charge in [-0.3, -0.25) is 38.4 Å². The summed E-state index contributed by atoms with van der Waals surface area (Å²) in [5.41, 5.74) is -5.53. The molecule has 4 heterocycles. The summed E-state index contributed by atoms with van der Waals surface area (Å²) in [6, 6.07) is 13.6. The fraction of sp³-hybridized carbons (Fsp3) is 0.294. The zero-order chi connectivity index (χ0) is 39.4. The number of carbonyl (C=O) groups is 4. The van der Waals surface area contributed by atoms with Crippen LogP contribution in [0.2, 0.25) is 0 Å². The molecule has 4 aromatic heterocycles. The number of carbonyl (C=O) groups excluding carboxylic acids is 4. The Balaban J connectivity index is 0.00000812. The summed E-state index contributed by atoms with van der Waals surface area (Å²) < 4.78 is -0.252. The minimum absolute atomic E-state index is 0. The summed E-state index contributed by atoms with van der Waals surface area (Å²) in [6.07, 6.45) is 0.685. The van der Waals surface area contributed by atoms with E-state index in [1.807, 2.05) is 0 Å². The summed E-state index contributed by atoms with van der Waals surface area (Å²) in [7, 11) is 0. The van der Waals surface area contributed by atoms with Gasteiger partial charge in [0.25, 0.3) is 23.6 Å². The van der Waals surface area contributed by atoms with E-state index in [0.29, 0.717) is 0 Å². The Bertz CT molecular complexity index is 2110. The average molecular weight is 839 g/mol. The van der Waals surface area contributed by atoms with Gasteiger partial charge in [0.15, 0.2) is 0 Å². The molecule has 20 nitrogen and oxygen atoms in total. The van der Waals surface area contributed by atoms with Gasteiger partial charge in [-0.15, -0.1) is 0 Å². The molecule has 58 heavy (non-hydrogen) atoms. The van der Waals surface area contributed by atoms with Crippen molar-refractivity contribution >= 4 is 23.6 Å². The Morgan fingerprint density at radius 2 is 0.690 bits per heavy atom. The normalized spacial score (nSPS) is 10.0. The summed E-state index contributed by atoms with van der Waals surface area (Å²) in [5.74, 6) is -3.24. The van der Waals surface area contributed by atoms with E-state index in [4.69, 9.17) is 0 Å². The Kier molecular flexibility index (Phi) is 25.4. The molecule has 2 N–H and O–H groups in total. The average Bonchev–Trinajstić information content (AvgIpc) is 3.15. The molecule has 4 aromatic rings. The number of pyridine rings is 4. The second kappa shape index (κ2) is 26.9. The predicted molar refractivity (Wildman–Crippen MR) is 193 cm³/mol. The zero-order valence-corrected chi connectivity index (χ0v) is 40.6. The number of nitrogens with zero attached hydrogens (tertiary/aromatic N) is 6. The number of hydrogen-bond donors (Lipinski definition) is 2. The second-order valence-corrected chi connectivity index (χ2v) is 11.7. The molecular weight excluding hydrogens is 804 g/mol. The van der Waals surface area contributed by atoms with Crippen molar-refractivity contribution < 1.29 is 137 Å². The van der Waals surface area contributed by atoms with Crippen LogP contribution in [0.25, 0.3) is 0 Å². The number of amides is 4. The van der Waals surface area contributed by atoms with Crippen LogP contribution in [0.15, 0.2) is 92.0 Å². The number of aromatic nitrogens is 4. The largest absolute Gasteiger partial charge is 1.00 e. The van der Waals surface area contributed by atoms with E-state index in [-0.39, 0.29) is 202 Å². The Morgan fingerprint density at radius 1 is 0.431 bits per heavy atom. The van der Waals surface area contributed by atoms with Crippen molar-refractivity contribution in [2.75, 3.05) is 39.3 Å². The van der Waals surface area contributed by atoms with Crippen LogP contribution in [0.4, 0.5) is 0 Å². The third-order valence-corrected chi connectivity index (χ3v) is 8.01. The van der Waals surface area contributed by atoms with Crippen molar-refractivity contribution in [2.24, 2.45) is 0 Å². The smallest absolute Gasteiger partial charge is 0.803 e. The van der Waals surface area contributed by atoms with Crippen molar-refractivity contribution in [3.63, 3.8) is 0 Å². The third-order valence-electron chi connectivity index (χ3n) is 8.01.